The first-order chi connectivity index (χ1) is 14.4. The number of Topliss-reactive ketones (excluding diaryl/α,β-unsaturated/α-hetero) is 1. The molecule has 1 aliphatic heterocycles. The van der Waals surface area contributed by atoms with Gasteiger partial charge in [0.05, 0.1) is 11.9 Å². The number of imidazole rings is 1. The lowest BCUT2D eigenvalue weighted by atomic mass is 9.77. The van der Waals surface area contributed by atoms with Crippen LogP contribution in [0.25, 0.3) is 5.57 Å². The maximum absolute atomic E-state index is 12.8. The Kier molecular flexibility index (Phi) is 5.83. The molecule has 0 spiro atoms. The minimum absolute atomic E-state index is 0.120. The summed E-state index contributed by atoms with van der Waals surface area (Å²) in [5, 5.41) is 12.4. The number of piperidine rings is 1. The molecule has 0 aromatic carbocycles. The lowest BCUT2D eigenvalue weighted by Gasteiger charge is -2.29. The number of allylic oxidation sites excluding steroid dienone is 2. The van der Waals surface area contributed by atoms with Gasteiger partial charge in [0.1, 0.15) is 11.8 Å². The van der Waals surface area contributed by atoms with Crippen molar-refractivity contribution in [2.75, 3.05) is 13.1 Å². The Morgan fingerprint density at radius 2 is 2.10 bits per heavy atom. The van der Waals surface area contributed by atoms with Crippen molar-refractivity contribution < 1.29 is 4.79 Å². The Hall–Kier alpha value is -2.78. The Morgan fingerprint density at radius 3 is 2.77 bits per heavy atom. The molecule has 6 nitrogen and oxygen atoms in total. The van der Waals surface area contributed by atoms with E-state index in [1.54, 1.807) is 0 Å². The summed E-state index contributed by atoms with van der Waals surface area (Å²) in [6.45, 7) is 6.65. The van der Waals surface area contributed by atoms with Crippen LogP contribution in [-0.2, 0) is 6.42 Å². The highest BCUT2D eigenvalue weighted by Gasteiger charge is 2.26. The number of H-pyrrole nitrogens is 1. The van der Waals surface area contributed by atoms with Crippen LogP contribution in [0.1, 0.15) is 85.1 Å². The van der Waals surface area contributed by atoms with E-state index in [0.29, 0.717) is 17.0 Å². The number of pyridine rings is 1. The predicted octanol–water partition coefficient (Wildman–Crippen LogP) is 4.16. The third-order valence-electron chi connectivity index (χ3n) is 6.35. The third kappa shape index (κ3) is 4.52. The fourth-order valence-corrected chi connectivity index (χ4v) is 4.34. The van der Waals surface area contributed by atoms with E-state index < -0.39 is 0 Å². The molecule has 0 amide bonds. The Labute approximate surface area is 177 Å². The van der Waals surface area contributed by atoms with Crippen LogP contribution in [-0.4, -0.2) is 33.8 Å². The minimum atomic E-state index is -0.120. The molecule has 0 unspecified atom stereocenters. The maximum atomic E-state index is 12.8. The van der Waals surface area contributed by atoms with Crippen LogP contribution >= 0.6 is 0 Å². The molecule has 0 bridgehead atoms. The van der Waals surface area contributed by atoms with Crippen LogP contribution in [0, 0.1) is 16.7 Å². The summed E-state index contributed by atoms with van der Waals surface area (Å²) in [5.74, 6) is 0.586. The zero-order valence-electron chi connectivity index (χ0n) is 17.8. The second kappa shape index (κ2) is 8.53. The van der Waals surface area contributed by atoms with E-state index >= 15 is 0 Å². The van der Waals surface area contributed by atoms with Crippen LogP contribution in [0.5, 0.6) is 0 Å². The topological polar surface area (TPSA) is 94.5 Å². The maximum Gasteiger partial charge on any atom is 0.202 e. The van der Waals surface area contributed by atoms with Gasteiger partial charge in [-0.1, -0.05) is 26.0 Å². The zero-order chi connectivity index (χ0) is 21.1. The second-order valence-electron chi connectivity index (χ2n) is 9.22. The molecule has 6 heteroatoms. The van der Waals surface area contributed by atoms with Gasteiger partial charge in [0.15, 0.2) is 5.82 Å². The molecular weight excluding hydrogens is 374 g/mol. The van der Waals surface area contributed by atoms with Crippen LogP contribution in [0.2, 0.25) is 0 Å². The summed E-state index contributed by atoms with van der Waals surface area (Å²) in [4.78, 5) is 24.8. The second-order valence-corrected chi connectivity index (χ2v) is 9.22. The van der Waals surface area contributed by atoms with Crippen LogP contribution < -0.4 is 5.32 Å². The van der Waals surface area contributed by atoms with Gasteiger partial charge >= 0.3 is 0 Å². The number of aromatic amines is 1. The van der Waals surface area contributed by atoms with Gasteiger partial charge in [-0.15, -0.1) is 0 Å². The van der Waals surface area contributed by atoms with Crippen molar-refractivity contribution in [1.29, 1.82) is 5.26 Å². The molecule has 156 valence electrons. The van der Waals surface area contributed by atoms with E-state index in [1.807, 2.05) is 6.07 Å². The fraction of sp³-hybridized carbons (Fsp3) is 0.500. The average Bonchev–Trinajstić information content (AvgIpc) is 3.24. The molecule has 0 saturated carbocycles. The molecule has 0 atom stereocenters. The number of hydrogen-bond donors (Lipinski definition) is 2. The van der Waals surface area contributed by atoms with Crippen LogP contribution in [0.3, 0.4) is 0 Å². The first-order valence-corrected chi connectivity index (χ1v) is 10.8. The lowest BCUT2D eigenvalue weighted by Crippen LogP contribution is -2.27. The summed E-state index contributed by atoms with van der Waals surface area (Å²) in [6.07, 6.45) is 9.27. The van der Waals surface area contributed by atoms with Crippen molar-refractivity contribution >= 4 is 11.4 Å². The normalized spacial score (nSPS) is 19.2. The van der Waals surface area contributed by atoms with E-state index in [4.69, 9.17) is 10.2 Å². The van der Waals surface area contributed by atoms with Crippen molar-refractivity contribution in [2.24, 2.45) is 5.41 Å². The molecular formula is C24H29N5O. The Balaban J connectivity index is 1.65. The zero-order valence-corrected chi connectivity index (χ0v) is 17.8. The number of aromatic nitrogens is 3. The number of carbonyl (C=O) groups excluding carboxylic acids is 1. The summed E-state index contributed by atoms with van der Waals surface area (Å²) >= 11 is 0. The quantitative estimate of drug-likeness (QED) is 0.731. The Bertz CT molecular complexity index is 1000. The number of nitriles is 1. The number of ketones is 1. The molecule has 0 radical (unpaired) electrons. The standard InChI is InChI=1S/C24H29N5O/c1-24(2)9-5-17(6-10-24)22-18(13-21(30)23-27-15-19(14-25)28-23)3-4-20(29-22)16-7-11-26-12-8-16/h3-5,15-16,26H,6-13H2,1-2H3,(H,27,28). The summed E-state index contributed by atoms with van der Waals surface area (Å²) < 4.78 is 0. The summed E-state index contributed by atoms with van der Waals surface area (Å²) in [6, 6.07) is 6.16. The molecule has 1 fully saturated rings. The number of hydrogen-bond acceptors (Lipinski definition) is 5. The number of rotatable bonds is 5. The first kappa shape index (κ1) is 20.5. The van der Waals surface area contributed by atoms with E-state index in [-0.39, 0.29) is 18.0 Å². The van der Waals surface area contributed by atoms with E-state index in [1.165, 1.54) is 11.8 Å². The highest BCUT2D eigenvalue weighted by atomic mass is 16.1. The molecule has 2 aromatic heterocycles. The highest BCUT2D eigenvalue weighted by molar-refractivity contribution is 5.95. The number of nitrogens with one attached hydrogen (secondary N) is 2. The molecule has 3 heterocycles. The van der Waals surface area contributed by atoms with Crippen molar-refractivity contribution in [2.45, 2.75) is 58.3 Å². The van der Waals surface area contributed by atoms with Gasteiger partial charge in [0.2, 0.25) is 5.78 Å². The predicted molar refractivity (Wildman–Crippen MR) is 116 cm³/mol. The largest absolute Gasteiger partial charge is 0.327 e. The highest BCUT2D eigenvalue weighted by Crippen LogP contribution is 2.39. The minimum Gasteiger partial charge on any atom is -0.327 e. The fourth-order valence-electron chi connectivity index (χ4n) is 4.34. The van der Waals surface area contributed by atoms with Gasteiger partial charge in [0.25, 0.3) is 0 Å². The van der Waals surface area contributed by atoms with Crippen molar-refractivity contribution in [3.63, 3.8) is 0 Å². The van der Waals surface area contributed by atoms with Gasteiger partial charge in [0, 0.05) is 18.0 Å². The summed E-state index contributed by atoms with van der Waals surface area (Å²) in [5.41, 5.74) is 4.92. The number of nitrogens with zero attached hydrogens (tertiary/aromatic N) is 3. The molecule has 2 N–H and O–H groups in total. The van der Waals surface area contributed by atoms with E-state index in [0.717, 1.165) is 62.1 Å². The smallest absolute Gasteiger partial charge is 0.202 e. The van der Waals surface area contributed by atoms with Gasteiger partial charge < -0.3 is 10.3 Å². The van der Waals surface area contributed by atoms with Crippen molar-refractivity contribution in [3.05, 3.63) is 52.9 Å². The molecule has 2 aliphatic rings. The van der Waals surface area contributed by atoms with E-state index in [9.17, 15) is 4.79 Å². The molecule has 30 heavy (non-hydrogen) atoms. The monoisotopic (exact) mass is 403 g/mol. The summed E-state index contributed by atoms with van der Waals surface area (Å²) in [7, 11) is 0. The third-order valence-corrected chi connectivity index (χ3v) is 6.35. The van der Waals surface area contributed by atoms with Gasteiger partial charge in [-0.2, -0.15) is 5.26 Å². The van der Waals surface area contributed by atoms with Crippen LogP contribution in [0.4, 0.5) is 0 Å². The van der Waals surface area contributed by atoms with Gasteiger partial charge in [-0.3, -0.25) is 9.78 Å². The number of carbonyl (C=O) groups is 1. The van der Waals surface area contributed by atoms with E-state index in [2.05, 4.69) is 47.3 Å². The van der Waals surface area contributed by atoms with Crippen molar-refractivity contribution in [3.8, 4) is 6.07 Å². The SMILES string of the molecule is CC1(C)CC=C(c2nc(C3CCNCC3)ccc2CC(=O)c2ncc(C#N)[nH]2)CC1. The van der Waals surface area contributed by atoms with Crippen LogP contribution in [0.15, 0.2) is 24.4 Å². The first-order valence-electron chi connectivity index (χ1n) is 10.8. The van der Waals surface area contributed by atoms with Crippen molar-refractivity contribution in [1.82, 2.24) is 20.3 Å². The van der Waals surface area contributed by atoms with Gasteiger partial charge in [-0.25, -0.2) is 4.98 Å². The molecule has 1 aliphatic carbocycles. The molecule has 1 saturated heterocycles. The average molecular weight is 404 g/mol. The molecule has 4 rings (SSSR count). The lowest BCUT2D eigenvalue weighted by molar-refractivity contribution is 0.0983. The molecule has 2 aromatic rings. The Morgan fingerprint density at radius 1 is 1.30 bits per heavy atom. The van der Waals surface area contributed by atoms with Gasteiger partial charge in [-0.05, 0) is 67.8 Å².